The Bertz CT molecular complexity index is 389. The minimum atomic E-state index is 0.0376. The zero-order valence-corrected chi connectivity index (χ0v) is 14.8. The van der Waals surface area contributed by atoms with Gasteiger partial charge in [0.25, 0.3) is 0 Å². The molecule has 2 atom stereocenters. The average molecular weight is 313 g/mol. The van der Waals surface area contributed by atoms with E-state index in [0.29, 0.717) is 12.5 Å². The highest BCUT2D eigenvalue weighted by molar-refractivity contribution is 5.75. The number of methoxy groups -OCH3 is 1. The van der Waals surface area contributed by atoms with Crippen LogP contribution in [0.2, 0.25) is 0 Å². The summed E-state index contributed by atoms with van der Waals surface area (Å²) in [5.74, 6) is 0.204. The fourth-order valence-corrected chi connectivity index (χ4v) is 4.01. The number of rotatable bonds is 6. The molecule has 2 aliphatic heterocycles. The van der Waals surface area contributed by atoms with Crippen LogP contribution in [-0.2, 0) is 19.3 Å². The number of piperidine rings is 1. The summed E-state index contributed by atoms with van der Waals surface area (Å²) in [6, 6.07) is 0. The molecule has 2 saturated heterocycles. The average Bonchev–Trinajstić information content (AvgIpc) is 2.34. The summed E-state index contributed by atoms with van der Waals surface area (Å²) < 4.78 is 5.62. The molecule has 0 aliphatic carbocycles. The van der Waals surface area contributed by atoms with Gasteiger partial charge in [-0.2, -0.15) is 0 Å². The Morgan fingerprint density at radius 1 is 1.14 bits per heavy atom. The minimum Gasteiger partial charge on any atom is -0.381 e. The smallest absolute Gasteiger partial charge is 0.135 e. The van der Waals surface area contributed by atoms with Crippen molar-refractivity contribution in [2.45, 2.75) is 89.7 Å². The van der Waals surface area contributed by atoms with Gasteiger partial charge in [-0.1, -0.05) is 0 Å². The van der Waals surface area contributed by atoms with Crippen LogP contribution in [-0.4, -0.2) is 53.7 Å². The first-order valence-electron chi connectivity index (χ1n) is 8.28. The number of Topliss-reactive ketones (excluding diaryl/α,β-unsaturated/α-hetero) is 1. The Labute approximate surface area is 134 Å². The van der Waals surface area contributed by atoms with Crippen molar-refractivity contribution in [3.8, 4) is 0 Å². The molecule has 0 radical (unpaired) electrons. The molecule has 2 rings (SSSR count). The van der Waals surface area contributed by atoms with E-state index in [4.69, 9.17) is 14.5 Å². The Kier molecular flexibility index (Phi) is 5.32. The maximum Gasteiger partial charge on any atom is 0.135 e. The molecule has 0 aromatic rings. The molecular weight excluding hydrogens is 282 g/mol. The quantitative estimate of drug-likeness (QED) is 0.706. The topological polar surface area (TPSA) is 48.0 Å². The van der Waals surface area contributed by atoms with Gasteiger partial charge in [-0.25, -0.2) is 9.78 Å². The van der Waals surface area contributed by atoms with E-state index in [1.165, 1.54) is 0 Å². The normalized spacial score (nSPS) is 31.7. The summed E-state index contributed by atoms with van der Waals surface area (Å²) in [6.07, 6.45) is 3.72. The number of nitrogens with zero attached hydrogens (tertiary/aromatic N) is 1. The predicted octanol–water partition coefficient (Wildman–Crippen LogP) is 2.72. The van der Waals surface area contributed by atoms with Gasteiger partial charge >= 0.3 is 0 Å². The van der Waals surface area contributed by atoms with Crippen LogP contribution in [0.5, 0.6) is 0 Å². The monoisotopic (exact) mass is 313 g/mol. The van der Waals surface area contributed by atoms with Gasteiger partial charge < -0.3 is 9.53 Å². The molecule has 128 valence electrons. The van der Waals surface area contributed by atoms with Crippen LogP contribution in [0.15, 0.2) is 0 Å². The van der Waals surface area contributed by atoms with Crippen LogP contribution in [0.1, 0.15) is 60.3 Å². The maximum atomic E-state index is 11.1. The number of ether oxygens (including phenoxy) is 1. The fraction of sp³-hybridized carbons (Fsp3) is 0.941. The van der Waals surface area contributed by atoms with E-state index in [1.54, 1.807) is 14.0 Å². The van der Waals surface area contributed by atoms with Crippen LogP contribution in [0.4, 0.5) is 0 Å². The molecule has 0 saturated carbocycles. The van der Waals surface area contributed by atoms with Gasteiger partial charge in [0.1, 0.15) is 18.0 Å². The first-order chi connectivity index (χ1) is 10.2. The summed E-state index contributed by atoms with van der Waals surface area (Å²) in [5.41, 5.74) is 0.0962. The van der Waals surface area contributed by atoms with Crippen molar-refractivity contribution in [3.05, 3.63) is 0 Å². The van der Waals surface area contributed by atoms with Crippen LogP contribution in [0, 0.1) is 0 Å². The predicted molar refractivity (Wildman–Crippen MR) is 84.6 cm³/mol. The Morgan fingerprint density at radius 3 is 2.09 bits per heavy atom. The number of hydrogen-bond acceptors (Lipinski definition) is 5. The molecule has 5 heteroatoms. The molecule has 0 spiro atoms. The van der Waals surface area contributed by atoms with E-state index < -0.39 is 0 Å². The van der Waals surface area contributed by atoms with Gasteiger partial charge in [0.15, 0.2) is 0 Å². The molecule has 22 heavy (non-hydrogen) atoms. The summed E-state index contributed by atoms with van der Waals surface area (Å²) in [6.45, 7) is 11.5. The highest BCUT2D eigenvalue weighted by Gasteiger charge is 2.48. The highest BCUT2D eigenvalue weighted by atomic mass is 17.2. The van der Waals surface area contributed by atoms with Crippen molar-refractivity contribution in [2.24, 2.45) is 0 Å². The van der Waals surface area contributed by atoms with E-state index in [1.807, 2.05) is 0 Å². The lowest BCUT2D eigenvalue weighted by atomic mass is 9.77. The molecule has 2 fully saturated rings. The van der Waals surface area contributed by atoms with Crippen molar-refractivity contribution >= 4 is 5.78 Å². The minimum absolute atomic E-state index is 0.0376. The number of carbonyl (C=O) groups is 1. The Balaban J connectivity index is 1.99. The molecule has 2 unspecified atom stereocenters. The van der Waals surface area contributed by atoms with E-state index >= 15 is 0 Å². The molecular formula is C17H31NO4. The van der Waals surface area contributed by atoms with Crippen molar-refractivity contribution in [3.63, 3.8) is 0 Å². The van der Waals surface area contributed by atoms with E-state index in [2.05, 4.69) is 32.6 Å². The van der Waals surface area contributed by atoms with Crippen molar-refractivity contribution in [1.29, 1.82) is 0 Å². The standard InChI is InChI=1S/C17H31NO4/c1-12(19)7-8-14-15(22-21-14)11-18-16(2,3)9-13(20-6)10-17(18,4)5/h13-15H,7-11H2,1-6H3. The highest BCUT2D eigenvalue weighted by Crippen LogP contribution is 2.40. The summed E-state index contributed by atoms with van der Waals surface area (Å²) in [7, 11) is 1.80. The lowest BCUT2D eigenvalue weighted by Gasteiger charge is -2.56. The number of likely N-dealkylation sites (tertiary alicyclic amines) is 1. The maximum absolute atomic E-state index is 11.1. The third-order valence-corrected chi connectivity index (χ3v) is 5.11. The van der Waals surface area contributed by atoms with Crippen molar-refractivity contribution < 1.29 is 19.3 Å². The van der Waals surface area contributed by atoms with Gasteiger partial charge in [0.2, 0.25) is 0 Å². The van der Waals surface area contributed by atoms with E-state index in [9.17, 15) is 4.79 Å². The fourth-order valence-electron chi connectivity index (χ4n) is 4.01. The van der Waals surface area contributed by atoms with Gasteiger partial charge in [-0.05, 0) is 53.9 Å². The molecule has 5 nitrogen and oxygen atoms in total. The molecule has 2 aliphatic rings. The third-order valence-electron chi connectivity index (χ3n) is 5.11. The van der Waals surface area contributed by atoms with Crippen molar-refractivity contribution in [2.75, 3.05) is 13.7 Å². The molecule has 0 bridgehead atoms. The van der Waals surface area contributed by atoms with Gasteiger partial charge in [-0.3, -0.25) is 4.90 Å². The molecule has 0 N–H and O–H groups in total. The number of ketones is 1. The molecule has 0 aromatic heterocycles. The summed E-state index contributed by atoms with van der Waals surface area (Å²) >= 11 is 0. The van der Waals surface area contributed by atoms with Crippen LogP contribution in [0.3, 0.4) is 0 Å². The van der Waals surface area contributed by atoms with Crippen LogP contribution in [0.25, 0.3) is 0 Å². The van der Waals surface area contributed by atoms with Gasteiger partial charge in [0.05, 0.1) is 6.10 Å². The number of hydrogen-bond donors (Lipinski definition) is 0. The lowest BCUT2D eigenvalue weighted by Crippen LogP contribution is -2.65. The van der Waals surface area contributed by atoms with E-state index in [0.717, 1.165) is 25.8 Å². The zero-order valence-electron chi connectivity index (χ0n) is 14.8. The second kappa shape index (κ2) is 6.56. The second-order valence-corrected chi connectivity index (χ2v) is 8.01. The summed E-state index contributed by atoms with van der Waals surface area (Å²) in [5, 5.41) is 0. The Morgan fingerprint density at radius 2 is 1.68 bits per heavy atom. The summed E-state index contributed by atoms with van der Waals surface area (Å²) in [4.78, 5) is 24.2. The molecule has 0 aromatic carbocycles. The first kappa shape index (κ1) is 17.9. The SMILES string of the molecule is COC1CC(C)(C)N(CC2OOC2CCC(C)=O)C(C)(C)C1. The first-order valence-corrected chi connectivity index (χ1v) is 8.28. The van der Waals surface area contributed by atoms with Crippen LogP contribution >= 0.6 is 0 Å². The molecule has 0 amide bonds. The third kappa shape index (κ3) is 3.88. The van der Waals surface area contributed by atoms with Crippen LogP contribution < -0.4 is 0 Å². The van der Waals surface area contributed by atoms with Gasteiger partial charge in [-0.15, -0.1) is 0 Å². The second-order valence-electron chi connectivity index (χ2n) is 8.01. The number of carbonyl (C=O) groups excluding carboxylic acids is 1. The Hall–Kier alpha value is -0.490. The lowest BCUT2D eigenvalue weighted by molar-refractivity contribution is -0.468. The zero-order chi connectivity index (χ0) is 16.5. The van der Waals surface area contributed by atoms with Crippen molar-refractivity contribution in [1.82, 2.24) is 4.90 Å². The van der Waals surface area contributed by atoms with Gasteiger partial charge in [0, 0.05) is 31.2 Å². The van der Waals surface area contributed by atoms with E-state index in [-0.39, 0.29) is 29.1 Å². The largest absolute Gasteiger partial charge is 0.381 e. The molecule has 2 heterocycles.